The predicted molar refractivity (Wildman–Crippen MR) is 94.4 cm³/mol. The van der Waals surface area contributed by atoms with Gasteiger partial charge in [0.15, 0.2) is 8.32 Å². The molecule has 1 saturated carbocycles. The summed E-state index contributed by atoms with van der Waals surface area (Å²) < 4.78 is 13.4. The summed E-state index contributed by atoms with van der Waals surface area (Å²) in [6.07, 6.45) is 14.9. The van der Waals surface area contributed by atoms with Crippen molar-refractivity contribution in [2.45, 2.75) is 75.0 Å². The van der Waals surface area contributed by atoms with Crippen LogP contribution in [0, 0.1) is 5.92 Å². The molecule has 4 unspecified atom stereocenters. The van der Waals surface area contributed by atoms with Crippen LogP contribution in [0.4, 0.5) is 0 Å². The summed E-state index contributed by atoms with van der Waals surface area (Å²) in [5.74, 6) is 0.530. The summed E-state index contributed by atoms with van der Waals surface area (Å²) in [7, 11) is -1.56. The third kappa shape index (κ3) is 2.68. The van der Waals surface area contributed by atoms with Crippen molar-refractivity contribution in [3.8, 4) is 0 Å². The van der Waals surface area contributed by atoms with Crippen molar-refractivity contribution in [3.63, 3.8) is 0 Å². The van der Waals surface area contributed by atoms with Crippen molar-refractivity contribution in [1.82, 2.24) is 0 Å². The molecule has 0 aromatic carbocycles. The second-order valence-corrected chi connectivity index (χ2v) is 12.8. The van der Waals surface area contributed by atoms with Crippen LogP contribution in [0.5, 0.6) is 0 Å². The minimum absolute atomic E-state index is 0.0640. The Morgan fingerprint density at radius 2 is 1.86 bits per heavy atom. The molecule has 22 heavy (non-hydrogen) atoms. The largest absolute Gasteiger partial charge is 0.412 e. The molecule has 2 bridgehead atoms. The first-order valence-corrected chi connectivity index (χ1v) is 12.0. The Kier molecular flexibility index (Phi) is 3.82. The van der Waals surface area contributed by atoms with Crippen molar-refractivity contribution in [1.29, 1.82) is 0 Å². The van der Waals surface area contributed by atoms with Gasteiger partial charge in [0.2, 0.25) is 0 Å². The average Bonchev–Trinajstić information content (AvgIpc) is 3.02. The maximum Gasteiger partial charge on any atom is 0.184 e. The number of allylic oxidation sites excluding steroid dienone is 2. The summed E-state index contributed by atoms with van der Waals surface area (Å²) in [4.78, 5) is 0. The molecule has 3 heteroatoms. The Morgan fingerprint density at radius 3 is 2.50 bits per heavy atom. The van der Waals surface area contributed by atoms with Crippen molar-refractivity contribution in [2.24, 2.45) is 5.92 Å². The van der Waals surface area contributed by atoms with Gasteiger partial charge >= 0.3 is 0 Å². The van der Waals surface area contributed by atoms with E-state index in [1.54, 1.807) is 0 Å². The van der Waals surface area contributed by atoms with E-state index in [-0.39, 0.29) is 16.8 Å². The smallest absolute Gasteiger partial charge is 0.184 e. The Balaban J connectivity index is 1.86. The van der Waals surface area contributed by atoms with Crippen LogP contribution in [0.3, 0.4) is 0 Å². The molecule has 1 saturated heterocycles. The summed E-state index contributed by atoms with van der Waals surface area (Å²) in [6, 6.07) is 0. The Morgan fingerprint density at radius 1 is 1.18 bits per heavy atom. The molecule has 3 rings (SSSR count). The van der Waals surface area contributed by atoms with E-state index in [0.29, 0.717) is 5.92 Å². The van der Waals surface area contributed by atoms with Crippen molar-refractivity contribution < 1.29 is 9.16 Å². The highest BCUT2D eigenvalue weighted by Gasteiger charge is 2.73. The molecule has 0 N–H and O–H groups in total. The molecule has 2 fully saturated rings. The lowest BCUT2D eigenvalue weighted by atomic mass is 9.84. The van der Waals surface area contributed by atoms with Crippen LogP contribution in [0.25, 0.3) is 0 Å². The van der Waals surface area contributed by atoms with E-state index in [2.05, 4.69) is 45.0 Å². The van der Waals surface area contributed by atoms with Crippen LogP contribution in [0.2, 0.25) is 19.6 Å². The summed E-state index contributed by atoms with van der Waals surface area (Å²) in [5, 5.41) is 0. The van der Waals surface area contributed by atoms with E-state index in [1.807, 2.05) is 12.2 Å². The van der Waals surface area contributed by atoms with E-state index in [4.69, 9.17) is 9.16 Å². The zero-order chi connectivity index (χ0) is 16.1. The highest BCUT2D eigenvalue weighted by molar-refractivity contribution is 6.69. The fourth-order valence-corrected chi connectivity index (χ4v) is 6.11. The number of rotatable bonds is 8. The topological polar surface area (TPSA) is 18.5 Å². The van der Waals surface area contributed by atoms with E-state index in [1.165, 1.54) is 0 Å². The van der Waals surface area contributed by atoms with Gasteiger partial charge in [0.1, 0.15) is 0 Å². The van der Waals surface area contributed by atoms with Crippen LogP contribution in [0.1, 0.15) is 38.5 Å². The zero-order valence-electron chi connectivity index (χ0n) is 14.4. The molecule has 2 heterocycles. The molecule has 0 amide bonds. The standard InChI is InChI=1S/C19H30O2Si/c1-6-8-10-17-12-13-18(20-17,11-9-7-2)16-14-19(16,15-17)21-22(3,4)5/h6-7,12-13,16H,1-2,8-11,14-15H2,3-5H3. The minimum Gasteiger partial charge on any atom is -0.412 e. The fourth-order valence-electron chi connectivity index (χ4n) is 4.59. The van der Waals surface area contributed by atoms with Gasteiger partial charge in [0.05, 0.1) is 16.8 Å². The van der Waals surface area contributed by atoms with Gasteiger partial charge in [-0.3, -0.25) is 0 Å². The first-order valence-electron chi connectivity index (χ1n) is 8.61. The molecule has 0 aromatic rings. The van der Waals surface area contributed by atoms with Gasteiger partial charge in [-0.2, -0.15) is 0 Å². The van der Waals surface area contributed by atoms with E-state index in [0.717, 1.165) is 38.5 Å². The Hall–Kier alpha value is -0.643. The summed E-state index contributed by atoms with van der Waals surface area (Å²) in [5.41, 5.74) is -0.191. The zero-order valence-corrected chi connectivity index (χ0v) is 15.4. The molecule has 0 spiro atoms. The number of ether oxygens (including phenoxy) is 1. The molecule has 2 nitrogen and oxygen atoms in total. The molecular formula is C19H30O2Si. The van der Waals surface area contributed by atoms with Crippen LogP contribution in [-0.2, 0) is 9.16 Å². The van der Waals surface area contributed by atoms with Gasteiger partial charge in [-0.05, 0) is 51.7 Å². The Labute approximate surface area is 136 Å². The molecule has 4 atom stereocenters. The third-order valence-electron chi connectivity index (χ3n) is 5.30. The van der Waals surface area contributed by atoms with E-state index < -0.39 is 8.32 Å². The summed E-state index contributed by atoms with van der Waals surface area (Å²) in [6.45, 7) is 14.7. The fraction of sp³-hybridized carbons (Fsp3) is 0.684. The lowest BCUT2D eigenvalue weighted by Gasteiger charge is -2.45. The van der Waals surface area contributed by atoms with Crippen LogP contribution in [0.15, 0.2) is 37.5 Å². The van der Waals surface area contributed by atoms with Crippen LogP contribution in [-0.4, -0.2) is 25.1 Å². The number of hydrogen-bond acceptors (Lipinski definition) is 2. The number of fused-ring (bicyclic) bond motifs is 4. The van der Waals surface area contributed by atoms with Crippen LogP contribution < -0.4 is 0 Å². The first kappa shape index (κ1) is 16.2. The second-order valence-electron chi connectivity index (χ2n) is 8.32. The lowest BCUT2D eigenvalue weighted by Crippen LogP contribution is -2.51. The van der Waals surface area contributed by atoms with Crippen LogP contribution >= 0.6 is 0 Å². The third-order valence-corrected chi connectivity index (χ3v) is 6.31. The van der Waals surface area contributed by atoms with Crippen molar-refractivity contribution in [3.05, 3.63) is 37.5 Å². The first-order chi connectivity index (χ1) is 10.3. The van der Waals surface area contributed by atoms with E-state index >= 15 is 0 Å². The molecule has 0 radical (unpaired) electrons. The molecule has 2 aliphatic heterocycles. The van der Waals surface area contributed by atoms with Gasteiger partial charge in [-0.1, -0.05) is 24.3 Å². The van der Waals surface area contributed by atoms with Gasteiger partial charge in [-0.25, -0.2) is 0 Å². The SMILES string of the molecule is C=CCCC12C=CC(CCC=C)(O1)C1CC1(O[Si](C)(C)C)C2. The predicted octanol–water partition coefficient (Wildman–Crippen LogP) is 5.00. The second kappa shape index (κ2) is 5.18. The van der Waals surface area contributed by atoms with E-state index in [9.17, 15) is 0 Å². The molecule has 3 aliphatic rings. The van der Waals surface area contributed by atoms with Gasteiger partial charge in [0, 0.05) is 12.3 Å². The normalized spacial score (nSPS) is 42.0. The lowest BCUT2D eigenvalue weighted by molar-refractivity contribution is -0.164. The Bertz CT molecular complexity index is 506. The highest BCUT2D eigenvalue weighted by Crippen LogP contribution is 2.68. The van der Waals surface area contributed by atoms with Gasteiger partial charge in [-0.15, -0.1) is 13.2 Å². The van der Waals surface area contributed by atoms with Crippen molar-refractivity contribution >= 4 is 8.32 Å². The van der Waals surface area contributed by atoms with Gasteiger partial charge in [0.25, 0.3) is 0 Å². The maximum absolute atomic E-state index is 6.70. The molecule has 122 valence electrons. The highest BCUT2D eigenvalue weighted by atomic mass is 28.4. The average molecular weight is 319 g/mol. The minimum atomic E-state index is -1.56. The van der Waals surface area contributed by atoms with Gasteiger partial charge < -0.3 is 9.16 Å². The number of hydrogen-bond donors (Lipinski definition) is 0. The maximum atomic E-state index is 6.70. The molecule has 1 aliphatic carbocycles. The van der Waals surface area contributed by atoms with Crippen molar-refractivity contribution in [2.75, 3.05) is 0 Å². The quantitative estimate of drug-likeness (QED) is 0.463. The monoisotopic (exact) mass is 318 g/mol. The summed E-state index contributed by atoms with van der Waals surface area (Å²) >= 11 is 0. The molecular weight excluding hydrogens is 288 g/mol. The molecule has 0 aromatic heterocycles.